The molecule has 33 heavy (non-hydrogen) atoms. The van der Waals surface area contributed by atoms with Gasteiger partial charge in [0.05, 0.1) is 34.1 Å². The van der Waals surface area contributed by atoms with Crippen LogP contribution in [-0.4, -0.2) is 47.8 Å². The van der Waals surface area contributed by atoms with Gasteiger partial charge in [0.1, 0.15) is 6.61 Å². The van der Waals surface area contributed by atoms with E-state index in [2.05, 4.69) is 15.9 Å². The molecule has 0 radical (unpaired) electrons. The summed E-state index contributed by atoms with van der Waals surface area (Å²) in [6.45, 7) is 2.86. The summed E-state index contributed by atoms with van der Waals surface area (Å²) in [6, 6.07) is 9.57. The predicted molar refractivity (Wildman–Crippen MR) is 127 cm³/mol. The molecule has 1 saturated heterocycles. The van der Waals surface area contributed by atoms with E-state index in [9.17, 15) is 19.7 Å². The summed E-state index contributed by atoms with van der Waals surface area (Å²) in [5, 5.41) is 10.5. The fraction of sp³-hybridized carbons (Fsp3) is 0.273. The Morgan fingerprint density at radius 3 is 2.55 bits per heavy atom. The molecule has 0 N–H and O–H groups in total. The highest BCUT2D eigenvalue weighted by Crippen LogP contribution is 2.39. The quantitative estimate of drug-likeness (QED) is 0.236. The highest BCUT2D eigenvalue weighted by Gasteiger charge is 2.34. The Bertz CT molecular complexity index is 1090. The number of imide groups is 1. The van der Waals surface area contributed by atoms with Crippen molar-refractivity contribution in [3.05, 3.63) is 67.0 Å². The van der Waals surface area contributed by atoms with Gasteiger partial charge in [-0.3, -0.25) is 24.6 Å². The van der Waals surface area contributed by atoms with Crippen molar-refractivity contribution in [1.29, 1.82) is 0 Å². The zero-order valence-electron chi connectivity index (χ0n) is 17.9. The molecule has 3 rings (SSSR count). The minimum atomic E-state index is -0.459. The SMILES string of the molecule is CCOc1cc(/C=C2/SC(=O)N(CCOC)C2=O)cc(Br)c1OCc1ccc([N+](=O)[O-])cc1. The van der Waals surface area contributed by atoms with Gasteiger partial charge in [-0.15, -0.1) is 0 Å². The van der Waals surface area contributed by atoms with Crippen LogP contribution in [0, 0.1) is 10.1 Å². The Morgan fingerprint density at radius 2 is 1.91 bits per heavy atom. The maximum absolute atomic E-state index is 12.6. The van der Waals surface area contributed by atoms with Crippen LogP contribution >= 0.6 is 27.7 Å². The third kappa shape index (κ3) is 6.12. The van der Waals surface area contributed by atoms with Crippen molar-refractivity contribution in [3.8, 4) is 11.5 Å². The standard InChI is InChI=1S/C22H21BrN2O7S/c1-3-31-18-11-15(12-19-21(26)24(8-9-30-2)22(27)33-19)10-17(23)20(18)32-13-14-4-6-16(7-5-14)25(28)29/h4-7,10-12H,3,8-9,13H2,1-2H3/b19-12+. The fourth-order valence-corrected chi connectivity index (χ4v) is 4.41. The number of nitro benzene ring substituents is 1. The first-order valence-corrected chi connectivity index (χ1v) is 11.5. The summed E-state index contributed by atoms with van der Waals surface area (Å²) in [7, 11) is 1.51. The lowest BCUT2D eigenvalue weighted by molar-refractivity contribution is -0.384. The molecular formula is C22H21BrN2O7S. The molecule has 2 amide bonds. The number of methoxy groups -OCH3 is 1. The van der Waals surface area contributed by atoms with Gasteiger partial charge in [-0.2, -0.15) is 0 Å². The number of thioether (sulfide) groups is 1. The number of hydrogen-bond acceptors (Lipinski definition) is 8. The van der Waals surface area contributed by atoms with E-state index in [-0.39, 0.29) is 36.6 Å². The molecule has 0 bridgehead atoms. The van der Waals surface area contributed by atoms with E-state index in [0.29, 0.717) is 33.0 Å². The van der Waals surface area contributed by atoms with Crippen LogP contribution in [0.5, 0.6) is 11.5 Å². The van der Waals surface area contributed by atoms with Gasteiger partial charge in [0.15, 0.2) is 11.5 Å². The van der Waals surface area contributed by atoms with Crippen LogP contribution < -0.4 is 9.47 Å². The van der Waals surface area contributed by atoms with E-state index >= 15 is 0 Å². The summed E-state index contributed by atoms with van der Waals surface area (Å²) in [4.78, 5) is 36.5. The van der Waals surface area contributed by atoms with Gasteiger partial charge in [-0.25, -0.2) is 0 Å². The average Bonchev–Trinajstić information content (AvgIpc) is 3.04. The van der Waals surface area contributed by atoms with Crippen LogP contribution in [0.2, 0.25) is 0 Å². The number of nitro groups is 1. The van der Waals surface area contributed by atoms with Gasteiger partial charge < -0.3 is 14.2 Å². The lowest BCUT2D eigenvalue weighted by Gasteiger charge is -2.15. The van der Waals surface area contributed by atoms with Crippen LogP contribution in [0.1, 0.15) is 18.1 Å². The number of carbonyl (C=O) groups excluding carboxylic acids is 2. The maximum Gasteiger partial charge on any atom is 0.293 e. The Labute approximate surface area is 203 Å². The van der Waals surface area contributed by atoms with Gasteiger partial charge in [0, 0.05) is 19.2 Å². The van der Waals surface area contributed by atoms with Crippen LogP contribution in [0.3, 0.4) is 0 Å². The fourth-order valence-electron chi connectivity index (χ4n) is 2.97. The highest BCUT2D eigenvalue weighted by molar-refractivity contribution is 9.10. The van der Waals surface area contributed by atoms with Crippen molar-refractivity contribution in [2.75, 3.05) is 26.9 Å². The second-order valence-electron chi connectivity index (χ2n) is 6.80. The summed E-state index contributed by atoms with van der Waals surface area (Å²) in [5.74, 6) is 0.550. The molecule has 0 saturated carbocycles. The molecule has 0 aromatic heterocycles. The minimum Gasteiger partial charge on any atom is -0.490 e. The van der Waals surface area contributed by atoms with Crippen molar-refractivity contribution < 1.29 is 28.7 Å². The van der Waals surface area contributed by atoms with Crippen molar-refractivity contribution in [2.45, 2.75) is 13.5 Å². The molecule has 9 nitrogen and oxygen atoms in total. The molecule has 11 heteroatoms. The number of ether oxygens (including phenoxy) is 3. The normalized spacial score (nSPS) is 14.8. The smallest absolute Gasteiger partial charge is 0.293 e. The van der Waals surface area contributed by atoms with Gasteiger partial charge >= 0.3 is 0 Å². The van der Waals surface area contributed by atoms with Gasteiger partial charge in [-0.1, -0.05) is 0 Å². The molecule has 1 heterocycles. The topological polar surface area (TPSA) is 108 Å². The van der Waals surface area contributed by atoms with E-state index in [1.807, 2.05) is 6.92 Å². The van der Waals surface area contributed by atoms with Crippen molar-refractivity contribution in [1.82, 2.24) is 4.90 Å². The Morgan fingerprint density at radius 1 is 1.18 bits per heavy atom. The van der Waals surface area contributed by atoms with Crippen LogP contribution in [-0.2, 0) is 16.1 Å². The molecule has 2 aromatic rings. The van der Waals surface area contributed by atoms with E-state index in [1.165, 1.54) is 19.2 Å². The van der Waals surface area contributed by atoms with Crippen molar-refractivity contribution >= 4 is 50.6 Å². The average molecular weight is 537 g/mol. The second kappa shape index (κ2) is 11.3. The molecule has 0 aliphatic carbocycles. The first kappa shape index (κ1) is 24.7. The van der Waals surface area contributed by atoms with Gasteiger partial charge in [-0.05, 0) is 76.1 Å². The molecule has 1 aliphatic heterocycles. The lowest BCUT2D eigenvalue weighted by Crippen LogP contribution is -2.31. The third-order valence-corrected chi connectivity index (χ3v) is 6.05. The number of benzene rings is 2. The van der Waals surface area contributed by atoms with Crippen LogP contribution in [0.15, 0.2) is 45.8 Å². The molecule has 0 spiro atoms. The summed E-state index contributed by atoms with van der Waals surface area (Å²) in [5.41, 5.74) is 1.42. The number of non-ortho nitro benzene ring substituents is 1. The Balaban J connectivity index is 1.81. The number of hydrogen-bond donors (Lipinski definition) is 0. The number of nitrogens with zero attached hydrogens (tertiary/aromatic N) is 2. The van der Waals surface area contributed by atoms with E-state index in [4.69, 9.17) is 14.2 Å². The summed E-state index contributed by atoms with van der Waals surface area (Å²) < 4.78 is 17.2. The highest BCUT2D eigenvalue weighted by atomic mass is 79.9. The van der Waals surface area contributed by atoms with Gasteiger partial charge in [0.25, 0.3) is 16.8 Å². The molecular weight excluding hydrogens is 516 g/mol. The zero-order valence-corrected chi connectivity index (χ0v) is 20.3. The first-order chi connectivity index (χ1) is 15.8. The van der Waals surface area contributed by atoms with E-state index < -0.39 is 4.92 Å². The van der Waals surface area contributed by atoms with Gasteiger partial charge in [0.2, 0.25) is 0 Å². The summed E-state index contributed by atoms with van der Waals surface area (Å²) >= 11 is 4.36. The minimum absolute atomic E-state index is 0.00548. The molecule has 1 fully saturated rings. The molecule has 0 unspecified atom stereocenters. The first-order valence-electron chi connectivity index (χ1n) is 9.90. The van der Waals surface area contributed by atoms with Crippen molar-refractivity contribution in [3.63, 3.8) is 0 Å². The van der Waals surface area contributed by atoms with E-state index in [1.54, 1.807) is 30.3 Å². The molecule has 0 atom stereocenters. The Hall–Kier alpha value is -2.89. The lowest BCUT2D eigenvalue weighted by atomic mass is 10.1. The Kier molecular flexibility index (Phi) is 8.48. The molecule has 1 aliphatic rings. The largest absolute Gasteiger partial charge is 0.490 e. The zero-order chi connectivity index (χ0) is 24.0. The number of amides is 2. The number of rotatable bonds is 10. The predicted octanol–water partition coefficient (Wildman–Crippen LogP) is 5.02. The molecule has 174 valence electrons. The monoisotopic (exact) mass is 536 g/mol. The van der Waals surface area contributed by atoms with Crippen molar-refractivity contribution in [2.24, 2.45) is 0 Å². The number of carbonyl (C=O) groups is 2. The van der Waals surface area contributed by atoms with E-state index in [0.717, 1.165) is 22.2 Å². The third-order valence-electron chi connectivity index (χ3n) is 4.55. The van der Waals surface area contributed by atoms with Crippen LogP contribution in [0.25, 0.3) is 6.08 Å². The second-order valence-corrected chi connectivity index (χ2v) is 8.65. The van der Waals surface area contributed by atoms with Crippen LogP contribution in [0.4, 0.5) is 10.5 Å². The maximum atomic E-state index is 12.6. The number of halogens is 1. The summed E-state index contributed by atoms with van der Waals surface area (Å²) in [6.07, 6.45) is 1.63. The molecule has 2 aromatic carbocycles.